The van der Waals surface area contributed by atoms with Crippen LogP contribution >= 0.6 is 0 Å². The summed E-state index contributed by atoms with van der Waals surface area (Å²) in [5.74, 6) is 3.83. The van der Waals surface area contributed by atoms with Gasteiger partial charge in [-0.25, -0.2) is 0 Å². The monoisotopic (exact) mass is 554 g/mol. The molecule has 5 nitrogen and oxygen atoms in total. The molecular formula is C36H46N2O3. The molecule has 4 bridgehead atoms. The van der Waals surface area contributed by atoms with E-state index in [2.05, 4.69) is 55.7 Å². The fourth-order valence-electron chi connectivity index (χ4n) is 9.41. The summed E-state index contributed by atoms with van der Waals surface area (Å²) < 4.78 is 6.64. The number of ether oxygens (including phenoxy) is 1. The maximum absolute atomic E-state index is 13.7. The van der Waals surface area contributed by atoms with Crippen LogP contribution in [0.4, 0.5) is 0 Å². The van der Waals surface area contributed by atoms with Gasteiger partial charge in [-0.1, -0.05) is 33.8 Å². The highest BCUT2D eigenvalue weighted by atomic mass is 16.5. The van der Waals surface area contributed by atoms with Gasteiger partial charge in [-0.2, -0.15) is 0 Å². The highest BCUT2D eigenvalue weighted by Gasteiger charge is 2.54. The van der Waals surface area contributed by atoms with E-state index in [-0.39, 0.29) is 40.4 Å². The molecule has 2 aliphatic heterocycles. The number of fused-ring (bicyclic) bond motifs is 8. The molecule has 2 aromatic rings. The van der Waals surface area contributed by atoms with Crippen molar-refractivity contribution in [3.05, 3.63) is 58.7 Å². The Bertz CT molecular complexity index is 1400. The summed E-state index contributed by atoms with van der Waals surface area (Å²) in [6.45, 7) is 13.9. The number of Topliss-reactive ketones (excluding diaryl/α,β-unsaturated/α-hetero) is 1. The second kappa shape index (κ2) is 9.07. The van der Waals surface area contributed by atoms with E-state index in [1.54, 1.807) is 6.07 Å². The molecule has 4 aliphatic carbocycles. The van der Waals surface area contributed by atoms with E-state index in [1.807, 2.05) is 12.1 Å². The van der Waals surface area contributed by atoms with Crippen LogP contribution in [0.5, 0.6) is 11.5 Å². The lowest BCUT2D eigenvalue weighted by atomic mass is 9.58. The predicted molar refractivity (Wildman–Crippen MR) is 161 cm³/mol. The average molecular weight is 555 g/mol. The Morgan fingerprint density at radius 1 is 0.927 bits per heavy atom. The molecule has 0 aromatic heterocycles. The Kier molecular flexibility index (Phi) is 5.81. The third kappa shape index (κ3) is 4.05. The summed E-state index contributed by atoms with van der Waals surface area (Å²) in [6.07, 6.45) is 7.59. The van der Waals surface area contributed by atoms with Crippen molar-refractivity contribution in [3.8, 4) is 11.5 Å². The number of aromatic hydroxyl groups is 1. The Hall–Kier alpha value is -2.37. The smallest absolute Gasteiger partial charge is 0.180 e. The molecule has 0 amide bonds. The van der Waals surface area contributed by atoms with E-state index in [1.165, 1.54) is 49.9 Å². The maximum Gasteiger partial charge on any atom is 0.180 e. The summed E-state index contributed by atoms with van der Waals surface area (Å²) in [7, 11) is 0. The topological polar surface area (TPSA) is 53.0 Å². The van der Waals surface area contributed by atoms with Crippen LogP contribution in [-0.4, -0.2) is 65.1 Å². The van der Waals surface area contributed by atoms with Crippen molar-refractivity contribution in [2.75, 3.05) is 26.2 Å². The van der Waals surface area contributed by atoms with Crippen LogP contribution in [0.1, 0.15) is 86.8 Å². The number of phenols is 1. The first-order chi connectivity index (χ1) is 19.7. The van der Waals surface area contributed by atoms with Gasteiger partial charge in [-0.15, -0.1) is 0 Å². The number of carbonyl (C=O) groups excluding carboxylic acids is 1. The van der Waals surface area contributed by atoms with E-state index >= 15 is 0 Å². The molecule has 2 aromatic carbocycles. The lowest BCUT2D eigenvalue weighted by Crippen LogP contribution is -2.61. The standard InChI is InChI=1S/C36H46N2O3/c1-21-31-15-24-7-9-27(18-29(24)35(21,3)11-13-37(31)19-23-5-6-23)41-32-16-25(32)20-38-14-12-36(4)22(2)33(38)34(40)28-10-8-26(39)17-30(28)36/h7-10,17-18,21-23,25,31-33,39H,5-6,11-16,19-20H2,1-4H3. The molecule has 8 rings (SSSR count). The molecule has 8 atom stereocenters. The fraction of sp³-hybridized carbons (Fsp3) is 0.639. The number of rotatable bonds is 6. The number of nitrogens with zero attached hydrogens (tertiary/aromatic N) is 2. The molecule has 4 fully saturated rings. The van der Waals surface area contributed by atoms with Crippen molar-refractivity contribution in [1.29, 1.82) is 0 Å². The number of ketones is 1. The van der Waals surface area contributed by atoms with Crippen molar-refractivity contribution in [1.82, 2.24) is 9.80 Å². The number of hydrogen-bond donors (Lipinski definition) is 1. The molecule has 6 aliphatic rings. The van der Waals surface area contributed by atoms with Crippen molar-refractivity contribution in [2.45, 2.75) is 95.2 Å². The number of benzene rings is 2. The van der Waals surface area contributed by atoms with Crippen molar-refractivity contribution in [2.24, 2.45) is 23.7 Å². The molecule has 1 N–H and O–H groups in total. The van der Waals surface area contributed by atoms with Gasteiger partial charge in [0.1, 0.15) is 17.6 Å². The molecule has 0 spiro atoms. The lowest BCUT2D eigenvalue weighted by molar-refractivity contribution is 0.0249. The first-order valence-electron chi connectivity index (χ1n) is 16.3. The number of piperidine rings is 2. The molecule has 0 radical (unpaired) electrons. The zero-order valence-corrected chi connectivity index (χ0v) is 25.2. The van der Waals surface area contributed by atoms with E-state index in [4.69, 9.17) is 4.74 Å². The van der Waals surface area contributed by atoms with Gasteiger partial charge in [-0.3, -0.25) is 14.6 Å². The number of phenolic OH excluding ortho intramolecular Hbond substituents is 1. The molecule has 8 unspecified atom stereocenters. The number of carbonyl (C=O) groups is 1. The van der Waals surface area contributed by atoms with Crippen LogP contribution in [0.25, 0.3) is 0 Å². The van der Waals surface area contributed by atoms with Crippen LogP contribution in [0.2, 0.25) is 0 Å². The van der Waals surface area contributed by atoms with Crippen LogP contribution in [0, 0.1) is 23.7 Å². The van der Waals surface area contributed by atoms with Gasteiger partial charge in [0.25, 0.3) is 0 Å². The largest absolute Gasteiger partial charge is 0.508 e. The minimum atomic E-state index is -0.0871. The van der Waals surface area contributed by atoms with Crippen molar-refractivity contribution >= 4 is 5.78 Å². The van der Waals surface area contributed by atoms with Gasteiger partial charge in [0, 0.05) is 30.6 Å². The van der Waals surface area contributed by atoms with E-state index in [0.717, 1.165) is 48.7 Å². The van der Waals surface area contributed by atoms with Gasteiger partial charge >= 0.3 is 0 Å². The molecular weight excluding hydrogens is 508 g/mol. The SMILES string of the molecule is CC1C2Cc3ccc(OC4CC4CN4CCC5(C)c6cc(O)ccc6C(=O)C4C5C)cc3C1(C)CCN2CC1CC1. The number of likely N-dealkylation sites (tertiary alicyclic amines) is 2. The highest BCUT2D eigenvalue weighted by Crippen LogP contribution is 2.52. The van der Waals surface area contributed by atoms with Crippen molar-refractivity contribution < 1.29 is 14.6 Å². The third-order valence-corrected chi connectivity index (χ3v) is 12.8. The normalized spacial score (nSPS) is 39.7. The zero-order chi connectivity index (χ0) is 28.3. The second-order valence-electron chi connectivity index (χ2n) is 15.1. The van der Waals surface area contributed by atoms with E-state index in [9.17, 15) is 9.90 Å². The maximum atomic E-state index is 13.7. The van der Waals surface area contributed by atoms with Crippen LogP contribution in [0.15, 0.2) is 36.4 Å². The minimum absolute atomic E-state index is 0.0773. The lowest BCUT2D eigenvalue weighted by Gasteiger charge is -2.54. The third-order valence-electron chi connectivity index (χ3n) is 12.8. The minimum Gasteiger partial charge on any atom is -0.508 e. The zero-order valence-electron chi connectivity index (χ0n) is 25.2. The molecule has 2 saturated heterocycles. The van der Waals surface area contributed by atoms with E-state index < -0.39 is 0 Å². The summed E-state index contributed by atoms with van der Waals surface area (Å²) in [4.78, 5) is 18.9. The summed E-state index contributed by atoms with van der Waals surface area (Å²) in [5, 5.41) is 10.1. The summed E-state index contributed by atoms with van der Waals surface area (Å²) in [6, 6.07) is 12.9. The Morgan fingerprint density at radius 3 is 2.46 bits per heavy atom. The Morgan fingerprint density at radius 2 is 1.68 bits per heavy atom. The molecule has 41 heavy (non-hydrogen) atoms. The van der Waals surface area contributed by atoms with Gasteiger partial charge < -0.3 is 9.84 Å². The van der Waals surface area contributed by atoms with Crippen molar-refractivity contribution in [3.63, 3.8) is 0 Å². The predicted octanol–water partition coefficient (Wildman–Crippen LogP) is 5.96. The van der Waals surface area contributed by atoms with Crippen LogP contribution in [-0.2, 0) is 17.3 Å². The molecule has 2 heterocycles. The fourth-order valence-corrected chi connectivity index (χ4v) is 9.41. The molecule has 2 saturated carbocycles. The van der Waals surface area contributed by atoms with Gasteiger partial charge in [0.2, 0.25) is 0 Å². The number of hydrogen-bond acceptors (Lipinski definition) is 5. The summed E-state index contributed by atoms with van der Waals surface area (Å²) >= 11 is 0. The second-order valence-corrected chi connectivity index (χ2v) is 15.1. The van der Waals surface area contributed by atoms with Crippen LogP contribution < -0.4 is 4.74 Å². The molecule has 218 valence electrons. The quantitative estimate of drug-likeness (QED) is 0.478. The Balaban J connectivity index is 0.958. The first kappa shape index (κ1) is 26.3. The Labute approximate surface area is 245 Å². The first-order valence-corrected chi connectivity index (χ1v) is 16.3. The van der Waals surface area contributed by atoms with Gasteiger partial charge in [0.15, 0.2) is 5.78 Å². The van der Waals surface area contributed by atoms with E-state index in [0.29, 0.717) is 17.9 Å². The average Bonchev–Trinajstić information content (AvgIpc) is 3.88. The summed E-state index contributed by atoms with van der Waals surface area (Å²) in [5.41, 5.74) is 5.06. The van der Waals surface area contributed by atoms with Gasteiger partial charge in [0.05, 0.1) is 6.04 Å². The molecule has 5 heteroatoms. The highest BCUT2D eigenvalue weighted by molar-refractivity contribution is 6.03. The van der Waals surface area contributed by atoms with Crippen LogP contribution in [0.3, 0.4) is 0 Å². The van der Waals surface area contributed by atoms with Gasteiger partial charge in [-0.05, 0) is 127 Å².